The average Bonchev–Trinajstić information content (AvgIpc) is 2.92. The fourth-order valence-electron chi connectivity index (χ4n) is 2.77. The Bertz CT molecular complexity index is 784. The van der Waals surface area contributed by atoms with Gasteiger partial charge in [0.25, 0.3) is 0 Å². The Morgan fingerprint density at radius 2 is 2.21 bits per heavy atom. The molecular formula is C17H22N4O2S. The van der Waals surface area contributed by atoms with Gasteiger partial charge < -0.3 is 15.2 Å². The molecule has 24 heavy (non-hydrogen) atoms. The van der Waals surface area contributed by atoms with Gasteiger partial charge in [0.15, 0.2) is 0 Å². The van der Waals surface area contributed by atoms with Crippen LogP contribution in [0.3, 0.4) is 0 Å². The van der Waals surface area contributed by atoms with E-state index in [9.17, 15) is 9.59 Å². The molecule has 6 nitrogen and oxygen atoms in total. The number of carbonyl (C=O) groups excluding carboxylic acids is 2. The minimum Gasteiger partial charge on any atom is -0.347 e. The van der Waals surface area contributed by atoms with Gasteiger partial charge in [0.1, 0.15) is 11.9 Å². The molecule has 0 saturated carbocycles. The number of aromatic nitrogens is 2. The number of carbonyl (C=O) groups is 2. The SMILES string of the molecule is CCn1c(CNC(=O)[C@H]2CSC(C)(C)C(=O)N2)nc2ccccc21. The molecule has 1 aromatic carbocycles. The minimum absolute atomic E-state index is 0.0975. The van der Waals surface area contributed by atoms with Crippen LogP contribution in [0.25, 0.3) is 11.0 Å². The maximum atomic E-state index is 12.4. The van der Waals surface area contributed by atoms with E-state index in [1.54, 1.807) is 0 Å². The molecule has 0 spiro atoms. The molecule has 7 heteroatoms. The molecule has 0 bridgehead atoms. The summed E-state index contributed by atoms with van der Waals surface area (Å²) in [7, 11) is 0. The van der Waals surface area contributed by atoms with Crippen molar-refractivity contribution in [2.24, 2.45) is 0 Å². The topological polar surface area (TPSA) is 76.0 Å². The molecular weight excluding hydrogens is 324 g/mol. The molecule has 1 saturated heterocycles. The first-order valence-corrected chi connectivity index (χ1v) is 9.07. The number of nitrogens with zero attached hydrogens (tertiary/aromatic N) is 2. The summed E-state index contributed by atoms with van der Waals surface area (Å²) < 4.78 is 1.61. The lowest BCUT2D eigenvalue weighted by atomic mass is 10.1. The number of hydrogen-bond acceptors (Lipinski definition) is 4. The highest BCUT2D eigenvalue weighted by Crippen LogP contribution is 2.29. The van der Waals surface area contributed by atoms with Crippen LogP contribution in [0.5, 0.6) is 0 Å². The van der Waals surface area contributed by atoms with Gasteiger partial charge in [-0.1, -0.05) is 12.1 Å². The van der Waals surface area contributed by atoms with Crippen molar-refractivity contribution in [3.05, 3.63) is 30.1 Å². The van der Waals surface area contributed by atoms with Gasteiger partial charge in [-0.15, -0.1) is 11.8 Å². The molecule has 2 heterocycles. The largest absolute Gasteiger partial charge is 0.347 e. The summed E-state index contributed by atoms with van der Waals surface area (Å²) in [6.45, 7) is 6.92. The summed E-state index contributed by atoms with van der Waals surface area (Å²) in [5.41, 5.74) is 1.99. The lowest BCUT2D eigenvalue weighted by molar-refractivity contribution is -0.129. The summed E-state index contributed by atoms with van der Waals surface area (Å²) >= 11 is 1.50. The molecule has 1 aliphatic heterocycles. The molecule has 0 unspecified atom stereocenters. The van der Waals surface area contributed by atoms with Crippen LogP contribution >= 0.6 is 11.8 Å². The smallest absolute Gasteiger partial charge is 0.243 e. The number of fused-ring (bicyclic) bond motifs is 1. The van der Waals surface area contributed by atoms with Crippen molar-refractivity contribution in [3.8, 4) is 0 Å². The van der Waals surface area contributed by atoms with Crippen LogP contribution in [-0.2, 0) is 22.7 Å². The quantitative estimate of drug-likeness (QED) is 0.883. The van der Waals surface area contributed by atoms with Crippen LogP contribution in [0.2, 0.25) is 0 Å². The van der Waals surface area contributed by atoms with Crippen LogP contribution in [0.15, 0.2) is 24.3 Å². The lowest BCUT2D eigenvalue weighted by Crippen LogP contribution is -2.57. The van der Waals surface area contributed by atoms with Gasteiger partial charge in [-0.3, -0.25) is 9.59 Å². The van der Waals surface area contributed by atoms with Gasteiger partial charge in [-0.2, -0.15) is 0 Å². The summed E-state index contributed by atoms with van der Waals surface area (Å²) in [5.74, 6) is 1.14. The molecule has 1 aromatic heterocycles. The number of imidazole rings is 1. The van der Waals surface area contributed by atoms with Crippen LogP contribution in [0.4, 0.5) is 0 Å². The fourth-order valence-corrected chi connectivity index (χ4v) is 3.78. The number of amides is 2. The van der Waals surface area contributed by atoms with Gasteiger partial charge in [0, 0.05) is 12.3 Å². The van der Waals surface area contributed by atoms with E-state index in [1.165, 1.54) is 11.8 Å². The van der Waals surface area contributed by atoms with Crippen LogP contribution in [-0.4, -0.2) is 37.9 Å². The maximum Gasteiger partial charge on any atom is 0.243 e. The number of rotatable bonds is 4. The first-order valence-electron chi connectivity index (χ1n) is 8.09. The van der Waals surface area contributed by atoms with E-state index in [1.807, 2.05) is 38.1 Å². The van der Waals surface area contributed by atoms with Crippen molar-refractivity contribution in [2.45, 2.75) is 44.6 Å². The molecule has 2 aromatic rings. The normalized spacial score (nSPS) is 20.0. The Balaban J connectivity index is 1.68. The number of thioether (sulfide) groups is 1. The molecule has 1 aliphatic rings. The highest BCUT2D eigenvalue weighted by Gasteiger charge is 2.37. The third-order valence-electron chi connectivity index (χ3n) is 4.25. The summed E-state index contributed by atoms with van der Waals surface area (Å²) in [6, 6.07) is 7.43. The van der Waals surface area contributed by atoms with Crippen molar-refractivity contribution in [1.29, 1.82) is 0 Å². The molecule has 0 aliphatic carbocycles. The van der Waals surface area contributed by atoms with Crippen molar-refractivity contribution >= 4 is 34.6 Å². The monoisotopic (exact) mass is 346 g/mol. The van der Waals surface area contributed by atoms with Crippen LogP contribution in [0.1, 0.15) is 26.6 Å². The second-order valence-electron chi connectivity index (χ2n) is 6.33. The van der Waals surface area contributed by atoms with Crippen molar-refractivity contribution in [2.75, 3.05) is 5.75 Å². The fraction of sp³-hybridized carbons (Fsp3) is 0.471. The van der Waals surface area contributed by atoms with Crippen molar-refractivity contribution in [1.82, 2.24) is 20.2 Å². The summed E-state index contributed by atoms with van der Waals surface area (Å²) in [4.78, 5) is 29.0. The first kappa shape index (κ1) is 16.8. The van der Waals surface area contributed by atoms with Crippen molar-refractivity contribution < 1.29 is 9.59 Å². The van der Waals surface area contributed by atoms with Gasteiger partial charge >= 0.3 is 0 Å². The predicted molar refractivity (Wildman–Crippen MR) is 95.7 cm³/mol. The molecule has 128 valence electrons. The van der Waals surface area contributed by atoms with Crippen LogP contribution < -0.4 is 10.6 Å². The Morgan fingerprint density at radius 1 is 1.46 bits per heavy atom. The Hall–Kier alpha value is -2.02. The number of benzene rings is 1. The first-order chi connectivity index (χ1) is 11.4. The Labute approximate surface area is 145 Å². The van der Waals surface area contributed by atoms with E-state index in [0.29, 0.717) is 12.3 Å². The molecule has 2 amide bonds. The second kappa shape index (κ2) is 6.47. The van der Waals surface area contributed by atoms with Crippen molar-refractivity contribution in [3.63, 3.8) is 0 Å². The van der Waals surface area contributed by atoms with E-state index in [-0.39, 0.29) is 11.8 Å². The third kappa shape index (κ3) is 3.13. The second-order valence-corrected chi connectivity index (χ2v) is 7.97. The van der Waals surface area contributed by atoms with Gasteiger partial charge in [-0.05, 0) is 32.9 Å². The Morgan fingerprint density at radius 3 is 2.92 bits per heavy atom. The summed E-state index contributed by atoms with van der Waals surface area (Å²) in [5, 5.41) is 5.70. The maximum absolute atomic E-state index is 12.4. The highest BCUT2D eigenvalue weighted by atomic mass is 32.2. The highest BCUT2D eigenvalue weighted by molar-refractivity contribution is 8.01. The zero-order valence-corrected chi connectivity index (χ0v) is 14.9. The molecule has 2 N–H and O–H groups in total. The standard InChI is InChI=1S/C17H22N4O2S/c1-4-21-13-8-6-5-7-11(13)19-14(21)9-18-15(22)12-10-24-17(2,3)16(23)20-12/h5-8,12H,4,9-10H2,1-3H3,(H,18,22)(H,20,23)/t12-/m1/s1. The molecule has 1 fully saturated rings. The Kier molecular flexibility index (Phi) is 4.54. The molecule has 0 radical (unpaired) electrons. The van der Waals surface area contributed by atoms with Gasteiger partial charge in [-0.25, -0.2) is 4.98 Å². The minimum atomic E-state index is -0.491. The predicted octanol–water partition coefficient (Wildman–Crippen LogP) is 1.68. The third-order valence-corrected chi connectivity index (χ3v) is 5.66. The van der Waals surface area contributed by atoms with Crippen LogP contribution in [0, 0.1) is 0 Å². The number of hydrogen-bond donors (Lipinski definition) is 2. The van der Waals surface area contributed by atoms with E-state index in [2.05, 4.69) is 27.1 Å². The zero-order chi connectivity index (χ0) is 17.3. The molecule has 3 rings (SSSR count). The number of aryl methyl sites for hydroxylation is 1. The summed E-state index contributed by atoms with van der Waals surface area (Å²) in [6.07, 6.45) is 0. The van der Waals surface area contributed by atoms with E-state index >= 15 is 0 Å². The zero-order valence-electron chi connectivity index (χ0n) is 14.1. The number of nitrogens with one attached hydrogen (secondary N) is 2. The average molecular weight is 346 g/mol. The van der Waals surface area contributed by atoms with E-state index in [4.69, 9.17) is 0 Å². The van der Waals surface area contributed by atoms with Gasteiger partial charge in [0.2, 0.25) is 11.8 Å². The lowest BCUT2D eigenvalue weighted by Gasteiger charge is -2.32. The van der Waals surface area contributed by atoms with Gasteiger partial charge in [0.05, 0.1) is 22.3 Å². The number of para-hydroxylation sites is 2. The van der Waals surface area contributed by atoms with E-state index < -0.39 is 10.8 Å². The van der Waals surface area contributed by atoms with E-state index in [0.717, 1.165) is 23.4 Å². The molecule has 1 atom stereocenters.